The van der Waals surface area contributed by atoms with Gasteiger partial charge in [-0.2, -0.15) is 0 Å². The highest BCUT2D eigenvalue weighted by Gasteiger charge is 2.20. The van der Waals surface area contributed by atoms with Gasteiger partial charge in [0.2, 0.25) is 0 Å². The van der Waals surface area contributed by atoms with Crippen LogP contribution in [0.15, 0.2) is 18.2 Å². The maximum atomic E-state index is 10.9. The number of benzene rings is 1. The average Bonchev–Trinajstić information content (AvgIpc) is 2.15. The summed E-state index contributed by atoms with van der Waals surface area (Å²) in [6.45, 7) is 6.65. The molecule has 0 unspecified atom stereocenters. The molecule has 1 rings (SSSR count). The number of carbonyl (C=O) groups is 1. The number of rotatable bonds is 3. The molecule has 76 valence electrons. The topological polar surface area (TPSA) is 26.3 Å². The molecule has 0 heterocycles. The van der Waals surface area contributed by atoms with Crippen LogP contribution in [-0.4, -0.2) is 21.5 Å². The standard InChI is InChI=1S/C11H16O2Si/c1-13-10-6-5-9(8-12)11(7-10)14(2,3)4/h5-8H,1-4H3. The molecule has 1 aromatic carbocycles. The normalized spacial score (nSPS) is 11.1. The summed E-state index contributed by atoms with van der Waals surface area (Å²) in [6, 6.07) is 5.64. The molecule has 14 heavy (non-hydrogen) atoms. The zero-order chi connectivity index (χ0) is 10.8. The molecule has 0 fully saturated rings. The monoisotopic (exact) mass is 208 g/mol. The Morgan fingerprint density at radius 2 is 1.93 bits per heavy atom. The lowest BCUT2D eigenvalue weighted by Crippen LogP contribution is -2.40. The van der Waals surface area contributed by atoms with Crippen LogP contribution in [0.2, 0.25) is 19.6 Å². The second kappa shape index (κ2) is 3.96. The van der Waals surface area contributed by atoms with Crippen molar-refractivity contribution in [3.8, 4) is 5.75 Å². The van der Waals surface area contributed by atoms with E-state index >= 15 is 0 Å². The van der Waals surface area contributed by atoms with Crippen LogP contribution in [0, 0.1) is 0 Å². The molecule has 0 spiro atoms. The number of carbonyl (C=O) groups excluding carboxylic acids is 1. The maximum Gasteiger partial charge on any atom is 0.149 e. The summed E-state index contributed by atoms with van der Waals surface area (Å²) in [5, 5.41) is 1.16. The Morgan fingerprint density at radius 1 is 1.29 bits per heavy atom. The second-order valence-corrected chi connectivity index (χ2v) is 9.36. The largest absolute Gasteiger partial charge is 0.497 e. The van der Waals surface area contributed by atoms with Gasteiger partial charge in [-0.1, -0.05) is 19.6 Å². The van der Waals surface area contributed by atoms with Crippen LogP contribution in [-0.2, 0) is 0 Å². The van der Waals surface area contributed by atoms with Gasteiger partial charge in [0.25, 0.3) is 0 Å². The molecule has 0 aliphatic rings. The molecule has 0 atom stereocenters. The fraction of sp³-hybridized carbons (Fsp3) is 0.364. The molecular formula is C11H16O2Si. The second-order valence-electron chi connectivity index (χ2n) is 4.32. The molecule has 0 amide bonds. The minimum absolute atomic E-state index is 0.796. The van der Waals surface area contributed by atoms with Gasteiger partial charge in [0.05, 0.1) is 15.2 Å². The molecule has 0 saturated heterocycles. The van der Waals surface area contributed by atoms with E-state index in [0.717, 1.165) is 22.8 Å². The van der Waals surface area contributed by atoms with E-state index < -0.39 is 8.07 Å². The fourth-order valence-electron chi connectivity index (χ4n) is 1.41. The summed E-state index contributed by atoms with van der Waals surface area (Å²) in [4.78, 5) is 10.9. The van der Waals surface area contributed by atoms with Crippen LogP contribution in [0.25, 0.3) is 0 Å². The van der Waals surface area contributed by atoms with E-state index in [-0.39, 0.29) is 0 Å². The molecule has 0 aromatic heterocycles. The molecule has 0 bridgehead atoms. The van der Waals surface area contributed by atoms with E-state index in [4.69, 9.17) is 4.74 Å². The first-order chi connectivity index (χ1) is 6.49. The Kier molecular flexibility index (Phi) is 3.11. The summed E-state index contributed by atoms with van der Waals surface area (Å²) in [5.74, 6) is 0.827. The zero-order valence-electron chi connectivity index (χ0n) is 9.13. The van der Waals surface area contributed by atoms with Gasteiger partial charge in [-0.15, -0.1) is 0 Å². The minimum Gasteiger partial charge on any atom is -0.497 e. The highest BCUT2D eigenvalue weighted by atomic mass is 28.3. The lowest BCUT2D eigenvalue weighted by molar-refractivity contribution is 0.112. The molecule has 3 heteroatoms. The Labute approximate surface area is 85.9 Å². The van der Waals surface area contributed by atoms with E-state index in [1.165, 1.54) is 0 Å². The van der Waals surface area contributed by atoms with Gasteiger partial charge in [-0.05, 0) is 23.4 Å². The summed E-state index contributed by atoms with van der Waals surface area (Å²) >= 11 is 0. The van der Waals surface area contributed by atoms with Crippen molar-refractivity contribution in [1.29, 1.82) is 0 Å². The molecule has 1 aromatic rings. The van der Waals surface area contributed by atoms with Crippen molar-refractivity contribution in [1.82, 2.24) is 0 Å². The third kappa shape index (κ3) is 2.23. The summed E-state index contributed by atoms with van der Waals surface area (Å²) < 4.78 is 5.16. The molecule has 0 aliphatic heterocycles. The van der Waals surface area contributed by atoms with E-state index in [0.29, 0.717) is 0 Å². The van der Waals surface area contributed by atoms with Crippen molar-refractivity contribution >= 4 is 19.5 Å². The quantitative estimate of drug-likeness (QED) is 0.561. The molecule has 0 aliphatic carbocycles. The summed E-state index contributed by atoms with van der Waals surface area (Å²) in [5.41, 5.74) is 0.796. The SMILES string of the molecule is COc1ccc(C=O)c([Si](C)(C)C)c1. The summed E-state index contributed by atoms with van der Waals surface area (Å²) in [7, 11) is 0.185. The highest BCUT2D eigenvalue weighted by molar-refractivity contribution is 6.89. The predicted molar refractivity (Wildman–Crippen MR) is 61.4 cm³/mol. The lowest BCUT2D eigenvalue weighted by Gasteiger charge is -2.19. The third-order valence-electron chi connectivity index (χ3n) is 2.20. The van der Waals surface area contributed by atoms with Crippen LogP contribution in [0.4, 0.5) is 0 Å². The molecule has 2 nitrogen and oxygen atoms in total. The van der Waals surface area contributed by atoms with Gasteiger partial charge in [0.1, 0.15) is 12.0 Å². The fourth-order valence-corrected chi connectivity index (χ4v) is 3.00. The smallest absolute Gasteiger partial charge is 0.149 e. The highest BCUT2D eigenvalue weighted by Crippen LogP contribution is 2.13. The Hall–Kier alpha value is -1.09. The average molecular weight is 208 g/mol. The van der Waals surface area contributed by atoms with Gasteiger partial charge in [-0.3, -0.25) is 4.79 Å². The van der Waals surface area contributed by atoms with Crippen molar-refractivity contribution in [2.75, 3.05) is 7.11 Å². The van der Waals surface area contributed by atoms with E-state index in [1.807, 2.05) is 18.2 Å². The van der Waals surface area contributed by atoms with E-state index in [9.17, 15) is 4.79 Å². The van der Waals surface area contributed by atoms with Crippen molar-refractivity contribution in [2.45, 2.75) is 19.6 Å². The van der Waals surface area contributed by atoms with E-state index in [2.05, 4.69) is 19.6 Å². The van der Waals surface area contributed by atoms with Gasteiger partial charge >= 0.3 is 0 Å². The van der Waals surface area contributed by atoms with Crippen LogP contribution >= 0.6 is 0 Å². The number of aldehydes is 1. The minimum atomic E-state index is -1.46. The van der Waals surface area contributed by atoms with Crippen LogP contribution in [0.5, 0.6) is 5.75 Å². The number of hydrogen-bond acceptors (Lipinski definition) is 2. The zero-order valence-corrected chi connectivity index (χ0v) is 10.1. The van der Waals surface area contributed by atoms with Crippen molar-refractivity contribution < 1.29 is 9.53 Å². The first kappa shape index (κ1) is 11.0. The van der Waals surface area contributed by atoms with Gasteiger partial charge in [-0.25, -0.2) is 0 Å². The number of hydrogen-bond donors (Lipinski definition) is 0. The Morgan fingerprint density at radius 3 is 2.36 bits per heavy atom. The van der Waals surface area contributed by atoms with Gasteiger partial charge in [0.15, 0.2) is 0 Å². The van der Waals surface area contributed by atoms with Crippen molar-refractivity contribution in [3.63, 3.8) is 0 Å². The first-order valence-corrected chi connectivity index (χ1v) is 8.12. The Balaban J connectivity index is 3.29. The first-order valence-electron chi connectivity index (χ1n) is 4.62. The molecular weight excluding hydrogens is 192 g/mol. The van der Waals surface area contributed by atoms with E-state index in [1.54, 1.807) is 7.11 Å². The third-order valence-corrected chi connectivity index (χ3v) is 4.24. The number of methoxy groups -OCH3 is 1. The predicted octanol–water partition coefficient (Wildman–Crippen LogP) is 2.05. The van der Waals surface area contributed by atoms with Crippen LogP contribution in [0.3, 0.4) is 0 Å². The van der Waals surface area contributed by atoms with Gasteiger partial charge < -0.3 is 4.74 Å². The lowest BCUT2D eigenvalue weighted by atomic mass is 10.2. The van der Waals surface area contributed by atoms with Crippen molar-refractivity contribution in [3.05, 3.63) is 23.8 Å². The van der Waals surface area contributed by atoms with Crippen LogP contribution in [0.1, 0.15) is 10.4 Å². The molecule has 0 radical (unpaired) electrons. The maximum absolute atomic E-state index is 10.9. The van der Waals surface area contributed by atoms with Crippen LogP contribution < -0.4 is 9.92 Å². The van der Waals surface area contributed by atoms with Crippen molar-refractivity contribution in [2.24, 2.45) is 0 Å². The summed E-state index contributed by atoms with van der Waals surface area (Å²) in [6.07, 6.45) is 0.924. The van der Waals surface area contributed by atoms with Gasteiger partial charge in [0, 0.05) is 5.56 Å². The Bertz CT molecular complexity index is 340. The number of ether oxygens (including phenoxy) is 1. The molecule has 0 saturated carbocycles. The molecule has 0 N–H and O–H groups in total.